The number of hydrogen-bond acceptors (Lipinski definition) is 4. The van der Waals surface area contributed by atoms with Gasteiger partial charge in [-0.1, -0.05) is 27.0 Å². The molecule has 1 amide bonds. The number of rotatable bonds is 5. The van der Waals surface area contributed by atoms with Gasteiger partial charge in [0.1, 0.15) is 0 Å². The Bertz CT molecular complexity index is 389. The summed E-state index contributed by atoms with van der Waals surface area (Å²) in [6, 6.07) is 0.203. The number of carbonyl (C=O) groups excluding carboxylic acids is 2. The highest BCUT2D eigenvalue weighted by Crippen LogP contribution is 2.17. The van der Waals surface area contributed by atoms with E-state index in [4.69, 9.17) is 9.47 Å². The Kier molecular flexibility index (Phi) is 13.1. The van der Waals surface area contributed by atoms with Crippen LogP contribution in [0.2, 0.25) is 0 Å². The molecule has 1 atom stereocenters. The molecule has 0 saturated carbocycles. The summed E-state index contributed by atoms with van der Waals surface area (Å²) in [5.41, 5.74) is 1.01. The molecule has 0 aromatic heterocycles. The van der Waals surface area contributed by atoms with Crippen molar-refractivity contribution in [3.05, 3.63) is 24.3 Å². The zero-order chi connectivity index (χ0) is 19.4. The van der Waals surface area contributed by atoms with E-state index in [9.17, 15) is 9.59 Å². The Labute approximate surface area is 147 Å². The average Bonchev–Trinajstić information content (AvgIpc) is 3.22. The second kappa shape index (κ2) is 12.8. The summed E-state index contributed by atoms with van der Waals surface area (Å²) in [4.78, 5) is 21.4. The maximum atomic E-state index is 10.7. The molecule has 5 nitrogen and oxygen atoms in total. The van der Waals surface area contributed by atoms with Crippen molar-refractivity contribution >= 4 is 11.9 Å². The van der Waals surface area contributed by atoms with Gasteiger partial charge in [0.15, 0.2) is 0 Å². The zero-order valence-electron chi connectivity index (χ0n) is 16.6. The lowest BCUT2D eigenvalue weighted by Crippen LogP contribution is -2.30. The monoisotopic (exact) mass is 341 g/mol. The van der Waals surface area contributed by atoms with Gasteiger partial charge in [0, 0.05) is 17.2 Å². The SMILES string of the molecule is C=C(C)C(=O)NC(C)C.C=C(C)C(=O)OC(C)C.CC(C)C1CO1. The van der Waals surface area contributed by atoms with Gasteiger partial charge in [-0.05, 0) is 47.5 Å². The van der Waals surface area contributed by atoms with Gasteiger partial charge in [-0.3, -0.25) is 4.79 Å². The van der Waals surface area contributed by atoms with Crippen molar-refractivity contribution in [1.29, 1.82) is 0 Å². The van der Waals surface area contributed by atoms with E-state index in [2.05, 4.69) is 32.3 Å². The first-order valence-electron chi connectivity index (χ1n) is 8.32. The van der Waals surface area contributed by atoms with Gasteiger partial charge in [0.2, 0.25) is 5.91 Å². The van der Waals surface area contributed by atoms with E-state index in [1.54, 1.807) is 27.7 Å². The van der Waals surface area contributed by atoms with Crippen LogP contribution in [-0.4, -0.2) is 36.7 Å². The van der Waals surface area contributed by atoms with Crippen molar-refractivity contribution in [2.75, 3.05) is 6.61 Å². The molecule has 1 aliphatic rings. The lowest BCUT2D eigenvalue weighted by Gasteiger charge is -2.06. The Morgan fingerprint density at radius 1 is 1.04 bits per heavy atom. The van der Waals surface area contributed by atoms with E-state index in [1.165, 1.54) is 0 Å². The molecule has 24 heavy (non-hydrogen) atoms. The Balaban J connectivity index is 0. The van der Waals surface area contributed by atoms with Crippen molar-refractivity contribution in [3.8, 4) is 0 Å². The summed E-state index contributed by atoms with van der Waals surface area (Å²) in [5.74, 6) is 0.361. The molecule has 1 rings (SSSR count). The molecule has 140 valence electrons. The first-order chi connectivity index (χ1) is 10.9. The molecule has 1 N–H and O–H groups in total. The van der Waals surface area contributed by atoms with Crippen molar-refractivity contribution in [2.45, 2.75) is 73.6 Å². The number of amides is 1. The van der Waals surface area contributed by atoms with E-state index in [0.717, 1.165) is 12.5 Å². The van der Waals surface area contributed by atoms with Crippen LogP contribution in [0.5, 0.6) is 0 Å². The minimum Gasteiger partial charge on any atom is -0.460 e. The molecule has 0 radical (unpaired) electrons. The van der Waals surface area contributed by atoms with Crippen molar-refractivity contribution in [1.82, 2.24) is 5.32 Å². The fraction of sp³-hybridized carbons (Fsp3) is 0.684. The van der Waals surface area contributed by atoms with Gasteiger partial charge < -0.3 is 14.8 Å². The van der Waals surface area contributed by atoms with Crippen molar-refractivity contribution in [3.63, 3.8) is 0 Å². The third-order valence-electron chi connectivity index (χ3n) is 2.60. The quantitative estimate of drug-likeness (QED) is 0.471. The minimum atomic E-state index is -0.315. The highest BCUT2D eigenvalue weighted by molar-refractivity contribution is 5.92. The van der Waals surface area contributed by atoms with Crippen LogP contribution in [0.1, 0.15) is 55.4 Å². The molecule has 0 spiro atoms. The van der Waals surface area contributed by atoms with Gasteiger partial charge in [-0.15, -0.1) is 0 Å². The maximum absolute atomic E-state index is 10.7. The van der Waals surface area contributed by atoms with Gasteiger partial charge >= 0.3 is 5.97 Å². The maximum Gasteiger partial charge on any atom is 0.333 e. The smallest absolute Gasteiger partial charge is 0.333 e. The number of ether oxygens (including phenoxy) is 2. The largest absolute Gasteiger partial charge is 0.460 e. The van der Waals surface area contributed by atoms with Gasteiger partial charge in [0.25, 0.3) is 0 Å². The zero-order valence-corrected chi connectivity index (χ0v) is 16.6. The van der Waals surface area contributed by atoms with E-state index in [0.29, 0.717) is 17.3 Å². The second-order valence-corrected chi connectivity index (χ2v) is 6.76. The molecule has 1 heterocycles. The first kappa shape index (κ1) is 24.6. The third kappa shape index (κ3) is 16.7. The van der Waals surface area contributed by atoms with Crippen LogP contribution in [0.4, 0.5) is 0 Å². The van der Waals surface area contributed by atoms with E-state index < -0.39 is 0 Å². The highest BCUT2D eigenvalue weighted by Gasteiger charge is 2.25. The Morgan fingerprint density at radius 2 is 1.50 bits per heavy atom. The molecule has 1 aliphatic heterocycles. The van der Waals surface area contributed by atoms with Crippen LogP contribution in [0.3, 0.4) is 0 Å². The van der Waals surface area contributed by atoms with Crippen molar-refractivity contribution in [2.24, 2.45) is 5.92 Å². The molecular formula is C19H35NO4. The van der Waals surface area contributed by atoms with E-state index in [-0.39, 0.29) is 24.0 Å². The summed E-state index contributed by atoms with van der Waals surface area (Å²) in [6.07, 6.45) is 0.555. The number of carbonyl (C=O) groups is 2. The molecular weight excluding hydrogens is 306 g/mol. The van der Waals surface area contributed by atoms with Gasteiger partial charge in [-0.25, -0.2) is 4.79 Å². The van der Waals surface area contributed by atoms with Crippen LogP contribution in [0, 0.1) is 5.92 Å². The Hall–Kier alpha value is -1.62. The molecule has 0 aliphatic carbocycles. The summed E-state index contributed by atoms with van der Waals surface area (Å²) < 4.78 is 9.74. The fourth-order valence-electron chi connectivity index (χ4n) is 1.14. The number of hydrogen-bond donors (Lipinski definition) is 1. The molecule has 0 aromatic carbocycles. The standard InChI is InChI=1S/C7H13NO.C7H12O2.C5H10O/c1-5(2)7(9)8-6(3)4;1-5(2)7(8)9-6(3)4;1-4(2)5-3-6-5/h6H,1H2,2-4H3,(H,8,9);6H,1H2,2-4H3;4-5H,3H2,1-2H3. The van der Waals surface area contributed by atoms with E-state index in [1.807, 2.05) is 13.8 Å². The lowest BCUT2D eigenvalue weighted by atomic mass is 10.2. The molecule has 1 fully saturated rings. The number of esters is 1. The lowest BCUT2D eigenvalue weighted by molar-refractivity contribution is -0.142. The average molecular weight is 341 g/mol. The summed E-state index contributed by atoms with van der Waals surface area (Å²) in [5, 5.41) is 2.70. The van der Waals surface area contributed by atoms with Crippen LogP contribution in [0.25, 0.3) is 0 Å². The van der Waals surface area contributed by atoms with Crippen molar-refractivity contribution < 1.29 is 19.1 Å². The first-order valence-corrected chi connectivity index (χ1v) is 8.32. The van der Waals surface area contributed by atoms with Gasteiger partial charge in [0.05, 0.1) is 18.8 Å². The van der Waals surface area contributed by atoms with Crippen LogP contribution < -0.4 is 5.32 Å². The van der Waals surface area contributed by atoms with Crippen LogP contribution in [-0.2, 0) is 19.1 Å². The second-order valence-electron chi connectivity index (χ2n) is 6.76. The topological polar surface area (TPSA) is 67.9 Å². The molecule has 0 bridgehead atoms. The summed E-state index contributed by atoms with van der Waals surface area (Å²) in [6.45, 7) is 23.1. The Morgan fingerprint density at radius 3 is 1.58 bits per heavy atom. The van der Waals surface area contributed by atoms with E-state index >= 15 is 0 Å². The minimum absolute atomic E-state index is 0.0470. The number of epoxide rings is 1. The van der Waals surface area contributed by atoms with Gasteiger partial charge in [-0.2, -0.15) is 0 Å². The fourth-order valence-corrected chi connectivity index (χ4v) is 1.14. The predicted molar refractivity (Wildman–Crippen MR) is 98.7 cm³/mol. The highest BCUT2D eigenvalue weighted by atomic mass is 16.6. The third-order valence-corrected chi connectivity index (χ3v) is 2.60. The van der Waals surface area contributed by atoms with Crippen LogP contribution >= 0.6 is 0 Å². The molecule has 5 heteroatoms. The molecule has 1 saturated heterocycles. The summed E-state index contributed by atoms with van der Waals surface area (Å²) in [7, 11) is 0. The summed E-state index contributed by atoms with van der Waals surface area (Å²) >= 11 is 0. The normalized spacial score (nSPS) is 14.9. The number of nitrogens with one attached hydrogen (secondary N) is 1. The predicted octanol–water partition coefficient (Wildman–Crippen LogP) is 3.64. The molecule has 1 unspecified atom stereocenters. The van der Waals surface area contributed by atoms with Crippen LogP contribution in [0.15, 0.2) is 24.3 Å². The molecule has 0 aromatic rings.